The summed E-state index contributed by atoms with van der Waals surface area (Å²) in [5, 5.41) is 26.6. The van der Waals surface area contributed by atoms with Crippen molar-refractivity contribution in [3.05, 3.63) is 76.3 Å². The fourth-order valence-corrected chi connectivity index (χ4v) is 2.69. The van der Waals surface area contributed by atoms with E-state index in [9.17, 15) is 15.2 Å². The molecule has 0 radical (unpaired) electrons. The molecule has 0 saturated heterocycles. The maximum Gasteiger partial charge on any atom is 0.311 e. The summed E-state index contributed by atoms with van der Waals surface area (Å²) in [6, 6.07) is 18.3. The van der Waals surface area contributed by atoms with E-state index in [-0.39, 0.29) is 18.0 Å². The number of nitrogens with one attached hydrogen (secondary N) is 1. The van der Waals surface area contributed by atoms with Crippen molar-refractivity contribution in [2.45, 2.75) is 6.10 Å². The van der Waals surface area contributed by atoms with E-state index in [0.29, 0.717) is 5.69 Å². The van der Waals surface area contributed by atoms with Gasteiger partial charge in [0.2, 0.25) is 0 Å². The minimum atomic E-state index is -0.703. The second kappa shape index (κ2) is 7.19. The fourth-order valence-electron chi connectivity index (χ4n) is 2.69. The molecule has 0 aliphatic rings. The van der Waals surface area contributed by atoms with Gasteiger partial charge in [-0.3, -0.25) is 10.1 Å². The number of aliphatic hydroxyl groups is 1. The third-order valence-electron chi connectivity index (χ3n) is 4.03. The van der Waals surface area contributed by atoms with Crippen molar-refractivity contribution in [3.63, 3.8) is 0 Å². The van der Waals surface area contributed by atoms with Crippen LogP contribution in [0.15, 0.2) is 60.7 Å². The van der Waals surface area contributed by atoms with E-state index in [1.54, 1.807) is 12.1 Å². The van der Waals surface area contributed by atoms with E-state index < -0.39 is 11.0 Å². The summed E-state index contributed by atoms with van der Waals surface area (Å²) in [5.74, 6) is 0.176. The Balaban J connectivity index is 1.72. The van der Waals surface area contributed by atoms with Crippen molar-refractivity contribution < 1.29 is 14.8 Å². The summed E-state index contributed by atoms with van der Waals surface area (Å²) in [5.41, 5.74) is 1.35. The van der Waals surface area contributed by atoms with Gasteiger partial charge < -0.3 is 15.2 Å². The monoisotopic (exact) mass is 338 g/mol. The zero-order valence-electron chi connectivity index (χ0n) is 13.7. The molecule has 25 heavy (non-hydrogen) atoms. The number of rotatable bonds is 6. The molecule has 3 rings (SSSR count). The van der Waals surface area contributed by atoms with Crippen LogP contribution >= 0.6 is 0 Å². The van der Waals surface area contributed by atoms with Crippen LogP contribution in [0.1, 0.15) is 11.7 Å². The maximum atomic E-state index is 10.9. The molecule has 0 amide bonds. The van der Waals surface area contributed by atoms with Crippen molar-refractivity contribution in [2.24, 2.45) is 0 Å². The number of methoxy groups -OCH3 is 1. The quantitative estimate of drug-likeness (QED) is 0.526. The highest BCUT2D eigenvalue weighted by atomic mass is 16.6. The van der Waals surface area contributed by atoms with E-state index in [0.717, 1.165) is 16.3 Å². The molecule has 6 heteroatoms. The van der Waals surface area contributed by atoms with Gasteiger partial charge in [-0.2, -0.15) is 0 Å². The van der Waals surface area contributed by atoms with Gasteiger partial charge in [0.25, 0.3) is 0 Å². The topological polar surface area (TPSA) is 84.6 Å². The molecule has 0 aliphatic heterocycles. The van der Waals surface area contributed by atoms with Gasteiger partial charge in [-0.15, -0.1) is 0 Å². The van der Waals surface area contributed by atoms with Gasteiger partial charge >= 0.3 is 5.69 Å². The first-order valence-corrected chi connectivity index (χ1v) is 7.81. The molecule has 128 valence electrons. The fraction of sp³-hybridized carbons (Fsp3) is 0.158. The van der Waals surface area contributed by atoms with Crippen molar-refractivity contribution in [3.8, 4) is 5.75 Å². The molecule has 6 nitrogen and oxygen atoms in total. The lowest BCUT2D eigenvalue weighted by Crippen LogP contribution is -2.12. The van der Waals surface area contributed by atoms with E-state index in [1.165, 1.54) is 13.2 Å². The molecular formula is C19H18N2O4. The number of nitro benzene ring substituents is 1. The Morgan fingerprint density at radius 2 is 1.88 bits per heavy atom. The predicted molar refractivity (Wildman–Crippen MR) is 97.0 cm³/mol. The Hall–Kier alpha value is -3.12. The molecule has 2 N–H and O–H groups in total. The Bertz CT molecular complexity index is 911. The molecule has 0 fully saturated rings. The minimum absolute atomic E-state index is 0.0943. The van der Waals surface area contributed by atoms with Crippen LogP contribution in [0, 0.1) is 10.1 Å². The number of aliphatic hydroxyl groups excluding tert-OH is 1. The summed E-state index contributed by atoms with van der Waals surface area (Å²) < 4.78 is 5.04. The normalized spacial score (nSPS) is 11.9. The number of ether oxygens (including phenoxy) is 1. The van der Waals surface area contributed by atoms with Gasteiger partial charge in [0, 0.05) is 24.4 Å². The van der Waals surface area contributed by atoms with Crippen LogP contribution < -0.4 is 10.1 Å². The van der Waals surface area contributed by atoms with Gasteiger partial charge in [0.05, 0.1) is 18.1 Å². The molecule has 3 aromatic rings. The van der Waals surface area contributed by atoms with Crippen LogP contribution in [0.3, 0.4) is 0 Å². The van der Waals surface area contributed by atoms with Crippen LogP contribution in [0.25, 0.3) is 10.8 Å². The van der Waals surface area contributed by atoms with Gasteiger partial charge in [-0.1, -0.05) is 36.4 Å². The molecule has 0 saturated carbocycles. The molecule has 1 atom stereocenters. The lowest BCUT2D eigenvalue weighted by atomic mass is 10.0. The number of nitrogens with zero attached hydrogens (tertiary/aromatic N) is 1. The van der Waals surface area contributed by atoms with Crippen LogP contribution in [-0.4, -0.2) is 23.7 Å². The van der Waals surface area contributed by atoms with E-state index in [1.807, 2.05) is 42.5 Å². The number of hydrogen-bond donors (Lipinski definition) is 2. The zero-order chi connectivity index (χ0) is 17.8. The summed E-state index contributed by atoms with van der Waals surface area (Å²) >= 11 is 0. The predicted octanol–water partition coefficient (Wildman–Crippen LogP) is 3.90. The van der Waals surface area contributed by atoms with Crippen LogP contribution in [0.2, 0.25) is 0 Å². The van der Waals surface area contributed by atoms with Gasteiger partial charge in [0.1, 0.15) is 0 Å². The Kier molecular flexibility index (Phi) is 4.81. The third kappa shape index (κ3) is 3.70. The zero-order valence-corrected chi connectivity index (χ0v) is 13.7. The Morgan fingerprint density at radius 3 is 2.60 bits per heavy atom. The van der Waals surface area contributed by atoms with Gasteiger partial charge in [-0.05, 0) is 28.5 Å². The number of nitro groups is 1. The van der Waals surface area contributed by atoms with E-state index in [2.05, 4.69) is 5.32 Å². The standard InChI is InChI=1S/C19H18N2O4/c1-25-19-11-16(8-9-17(19)21(23)24)20-12-18(22)15-7-6-13-4-2-3-5-14(13)10-15/h2-11,18,20,22H,12H2,1H3. The second-order valence-electron chi connectivity index (χ2n) is 5.65. The Labute approximate surface area is 144 Å². The highest BCUT2D eigenvalue weighted by Gasteiger charge is 2.15. The molecule has 1 unspecified atom stereocenters. The van der Waals surface area contributed by atoms with Crippen molar-refractivity contribution in [1.29, 1.82) is 0 Å². The molecular weight excluding hydrogens is 320 g/mol. The van der Waals surface area contributed by atoms with Gasteiger partial charge in [0.15, 0.2) is 5.75 Å². The van der Waals surface area contributed by atoms with Crippen molar-refractivity contribution in [1.82, 2.24) is 0 Å². The second-order valence-corrected chi connectivity index (χ2v) is 5.65. The first-order chi connectivity index (χ1) is 12.1. The Morgan fingerprint density at radius 1 is 1.12 bits per heavy atom. The summed E-state index contributed by atoms with van der Waals surface area (Å²) in [7, 11) is 1.38. The summed E-state index contributed by atoms with van der Waals surface area (Å²) in [6.45, 7) is 0.277. The van der Waals surface area contributed by atoms with E-state index >= 15 is 0 Å². The molecule has 3 aromatic carbocycles. The summed E-state index contributed by atoms with van der Waals surface area (Å²) in [6.07, 6.45) is -0.703. The van der Waals surface area contributed by atoms with Crippen LogP contribution in [0.5, 0.6) is 5.75 Å². The highest BCUT2D eigenvalue weighted by Crippen LogP contribution is 2.30. The molecule has 0 bridgehead atoms. The lowest BCUT2D eigenvalue weighted by Gasteiger charge is -2.14. The molecule has 0 spiro atoms. The minimum Gasteiger partial charge on any atom is -0.490 e. The number of fused-ring (bicyclic) bond motifs is 1. The lowest BCUT2D eigenvalue weighted by molar-refractivity contribution is -0.385. The average molecular weight is 338 g/mol. The first kappa shape index (κ1) is 16.7. The van der Waals surface area contributed by atoms with Crippen molar-refractivity contribution >= 4 is 22.1 Å². The highest BCUT2D eigenvalue weighted by molar-refractivity contribution is 5.83. The SMILES string of the molecule is COc1cc(NCC(O)c2ccc3ccccc3c2)ccc1[N+](=O)[O-]. The molecule has 0 aromatic heterocycles. The largest absolute Gasteiger partial charge is 0.490 e. The van der Waals surface area contributed by atoms with Crippen molar-refractivity contribution in [2.75, 3.05) is 19.0 Å². The number of anilines is 1. The maximum absolute atomic E-state index is 10.9. The number of hydrogen-bond acceptors (Lipinski definition) is 5. The van der Waals surface area contributed by atoms with E-state index in [4.69, 9.17) is 4.74 Å². The molecule has 0 aliphatic carbocycles. The van der Waals surface area contributed by atoms with Gasteiger partial charge in [-0.25, -0.2) is 0 Å². The smallest absolute Gasteiger partial charge is 0.311 e. The molecule has 0 heterocycles. The van der Waals surface area contributed by atoms with Crippen LogP contribution in [-0.2, 0) is 0 Å². The van der Waals surface area contributed by atoms with Crippen LogP contribution in [0.4, 0.5) is 11.4 Å². The summed E-state index contributed by atoms with van der Waals surface area (Å²) in [4.78, 5) is 10.4. The first-order valence-electron chi connectivity index (χ1n) is 7.81. The third-order valence-corrected chi connectivity index (χ3v) is 4.03. The number of benzene rings is 3. The average Bonchev–Trinajstić information content (AvgIpc) is 2.65.